The molecule has 2 aliphatic rings. The molecule has 0 radical (unpaired) electrons. The number of halogens is 1. The van der Waals surface area contributed by atoms with Crippen molar-refractivity contribution in [3.05, 3.63) is 28.8 Å². The molecule has 9 heteroatoms. The van der Waals surface area contributed by atoms with Crippen molar-refractivity contribution < 1.29 is 19.4 Å². The van der Waals surface area contributed by atoms with E-state index in [0.717, 1.165) is 13.0 Å². The van der Waals surface area contributed by atoms with Crippen molar-refractivity contribution in [2.75, 3.05) is 13.3 Å². The number of ether oxygens (including phenoxy) is 2. The molecule has 0 spiro atoms. The molecule has 140 valence electrons. The third-order valence-corrected chi connectivity index (χ3v) is 4.66. The molecule has 26 heavy (non-hydrogen) atoms. The van der Waals surface area contributed by atoms with Gasteiger partial charge in [-0.3, -0.25) is 14.2 Å². The van der Waals surface area contributed by atoms with Crippen LogP contribution in [0.3, 0.4) is 0 Å². The van der Waals surface area contributed by atoms with Gasteiger partial charge in [-0.15, -0.1) is 12.4 Å². The van der Waals surface area contributed by atoms with Crippen LogP contribution in [0.2, 0.25) is 0 Å². The first-order valence-corrected chi connectivity index (χ1v) is 8.34. The zero-order valence-corrected chi connectivity index (χ0v) is 14.8. The Balaban J connectivity index is 0.00000196. The van der Waals surface area contributed by atoms with E-state index in [2.05, 4.69) is 10.3 Å². The number of aliphatic hydroxyl groups excluding tert-OH is 1. The van der Waals surface area contributed by atoms with E-state index in [1.165, 1.54) is 10.9 Å². The molecule has 0 bridgehead atoms. The number of hydrogen-bond donors (Lipinski definition) is 2. The van der Waals surface area contributed by atoms with Crippen molar-refractivity contribution in [2.24, 2.45) is 0 Å². The summed E-state index contributed by atoms with van der Waals surface area (Å²) >= 11 is 0. The molecular weight excluding hydrogens is 362 g/mol. The van der Waals surface area contributed by atoms with Gasteiger partial charge in [-0.2, -0.15) is 0 Å². The Morgan fingerprint density at radius 3 is 2.88 bits per heavy atom. The maximum atomic E-state index is 12.6. The highest BCUT2D eigenvalue weighted by atomic mass is 35.5. The maximum absolute atomic E-state index is 12.6. The van der Waals surface area contributed by atoms with Gasteiger partial charge in [-0.1, -0.05) is 0 Å². The average Bonchev–Trinajstić information content (AvgIpc) is 3.05. The van der Waals surface area contributed by atoms with Gasteiger partial charge in [0.25, 0.3) is 5.56 Å². The first-order valence-electron chi connectivity index (χ1n) is 8.34. The van der Waals surface area contributed by atoms with Gasteiger partial charge in [0, 0.05) is 18.5 Å². The Bertz CT molecular complexity index is 885. The third kappa shape index (κ3) is 3.53. The normalized spacial score (nSPS) is 21.4. The summed E-state index contributed by atoms with van der Waals surface area (Å²) in [5.41, 5.74) is 0.205. The molecule has 1 aromatic carbocycles. The van der Waals surface area contributed by atoms with Gasteiger partial charge in [-0.25, -0.2) is 4.98 Å². The van der Waals surface area contributed by atoms with E-state index < -0.39 is 6.10 Å². The summed E-state index contributed by atoms with van der Waals surface area (Å²) < 4.78 is 11.9. The minimum absolute atomic E-state index is 0. The second kappa shape index (κ2) is 7.61. The summed E-state index contributed by atoms with van der Waals surface area (Å²) in [6, 6.07) is 3.01. The molecule has 1 saturated heterocycles. The SMILES string of the molecule is Cl.O=C(CC1NCCCC1O)Cn1cnc2cc3c(cc2c1=O)OCO3. The molecule has 2 N–H and O–H groups in total. The lowest BCUT2D eigenvalue weighted by atomic mass is 9.97. The number of carbonyl (C=O) groups excluding carboxylic acids is 1. The highest BCUT2D eigenvalue weighted by Gasteiger charge is 2.25. The first kappa shape index (κ1) is 18.6. The van der Waals surface area contributed by atoms with Gasteiger partial charge in [-0.05, 0) is 25.5 Å². The number of piperidine rings is 1. The second-order valence-electron chi connectivity index (χ2n) is 6.41. The van der Waals surface area contributed by atoms with Crippen LogP contribution in [0.25, 0.3) is 10.9 Å². The third-order valence-electron chi connectivity index (χ3n) is 4.66. The second-order valence-corrected chi connectivity index (χ2v) is 6.41. The number of fused-ring (bicyclic) bond motifs is 2. The van der Waals surface area contributed by atoms with Crippen LogP contribution in [0.15, 0.2) is 23.3 Å². The van der Waals surface area contributed by atoms with Crippen molar-refractivity contribution in [2.45, 2.75) is 38.0 Å². The fourth-order valence-electron chi connectivity index (χ4n) is 3.30. The number of aliphatic hydroxyl groups is 1. The predicted molar refractivity (Wildman–Crippen MR) is 96.0 cm³/mol. The van der Waals surface area contributed by atoms with Crippen molar-refractivity contribution in [3.63, 3.8) is 0 Å². The quantitative estimate of drug-likeness (QED) is 0.800. The highest BCUT2D eigenvalue weighted by molar-refractivity contribution is 5.85. The summed E-state index contributed by atoms with van der Waals surface area (Å²) in [7, 11) is 0. The van der Waals surface area contributed by atoms with E-state index in [1.54, 1.807) is 12.1 Å². The number of ketones is 1. The molecule has 0 aliphatic carbocycles. The number of Topliss-reactive ketones (excluding diaryl/α,β-unsaturated/α-hetero) is 1. The van der Waals surface area contributed by atoms with Gasteiger partial charge in [0.1, 0.15) is 0 Å². The summed E-state index contributed by atoms with van der Waals surface area (Å²) in [5, 5.41) is 13.5. The molecule has 0 saturated carbocycles. The molecule has 8 nitrogen and oxygen atoms in total. The molecule has 2 aliphatic heterocycles. The van der Waals surface area contributed by atoms with E-state index in [0.29, 0.717) is 28.8 Å². The number of hydrogen-bond acceptors (Lipinski definition) is 7. The lowest BCUT2D eigenvalue weighted by molar-refractivity contribution is -0.121. The maximum Gasteiger partial charge on any atom is 0.261 e. The Kier molecular flexibility index (Phi) is 5.45. The summed E-state index contributed by atoms with van der Waals surface area (Å²) in [5.74, 6) is 0.943. The van der Waals surface area contributed by atoms with Crippen LogP contribution in [0.5, 0.6) is 11.5 Å². The number of carbonyl (C=O) groups is 1. The van der Waals surface area contributed by atoms with Crippen molar-refractivity contribution in [1.29, 1.82) is 0 Å². The molecule has 2 aromatic rings. The standard InChI is InChI=1S/C17H19N3O5.ClH/c21-10(4-13-14(22)2-1-3-18-13)7-20-8-19-12-6-16-15(24-9-25-16)5-11(12)17(20)23;/h5-6,8,13-14,18,22H,1-4,7,9H2;1H. The Hall–Kier alpha value is -2.16. The Labute approximate surface area is 155 Å². The highest BCUT2D eigenvalue weighted by Crippen LogP contribution is 2.34. The van der Waals surface area contributed by atoms with Gasteiger partial charge < -0.3 is 19.9 Å². The van der Waals surface area contributed by atoms with Gasteiger partial charge in [0.15, 0.2) is 17.3 Å². The fourth-order valence-corrected chi connectivity index (χ4v) is 3.30. The molecule has 2 unspecified atom stereocenters. The first-order chi connectivity index (χ1) is 12.1. The number of nitrogens with one attached hydrogen (secondary N) is 1. The fraction of sp³-hybridized carbons (Fsp3) is 0.471. The lowest BCUT2D eigenvalue weighted by Crippen LogP contribution is -2.46. The van der Waals surface area contributed by atoms with Crippen LogP contribution in [-0.2, 0) is 11.3 Å². The minimum atomic E-state index is -0.524. The predicted octanol–water partition coefficient (Wildman–Crippen LogP) is 0.619. The zero-order valence-electron chi connectivity index (χ0n) is 14.0. The summed E-state index contributed by atoms with van der Waals surface area (Å²) in [6.07, 6.45) is 2.62. The average molecular weight is 382 g/mol. The topological polar surface area (TPSA) is 103 Å². The molecular formula is C17H20ClN3O5. The molecule has 3 heterocycles. The van der Waals surface area contributed by atoms with Crippen molar-refractivity contribution in [1.82, 2.24) is 14.9 Å². The molecule has 4 rings (SSSR count). The number of aromatic nitrogens is 2. The Morgan fingerprint density at radius 1 is 1.35 bits per heavy atom. The van der Waals surface area contributed by atoms with Gasteiger partial charge in [0.05, 0.1) is 29.9 Å². The summed E-state index contributed by atoms with van der Waals surface area (Å²) in [4.78, 5) is 29.2. The van der Waals surface area contributed by atoms with Gasteiger partial charge >= 0.3 is 0 Å². The molecule has 1 aromatic heterocycles. The van der Waals surface area contributed by atoms with Gasteiger partial charge in [0.2, 0.25) is 6.79 Å². The molecule has 1 fully saturated rings. The van der Waals surface area contributed by atoms with E-state index in [9.17, 15) is 14.7 Å². The summed E-state index contributed by atoms with van der Waals surface area (Å²) in [6.45, 7) is 0.843. The van der Waals surface area contributed by atoms with Crippen LogP contribution in [0.4, 0.5) is 0 Å². The molecule has 0 amide bonds. The zero-order chi connectivity index (χ0) is 17.4. The van der Waals surface area contributed by atoms with E-state index >= 15 is 0 Å². The van der Waals surface area contributed by atoms with E-state index in [-0.39, 0.29) is 49.5 Å². The largest absolute Gasteiger partial charge is 0.454 e. The number of nitrogens with zero attached hydrogens (tertiary/aromatic N) is 2. The molecule has 2 atom stereocenters. The minimum Gasteiger partial charge on any atom is -0.454 e. The smallest absolute Gasteiger partial charge is 0.261 e. The van der Waals surface area contributed by atoms with E-state index in [4.69, 9.17) is 9.47 Å². The van der Waals surface area contributed by atoms with Crippen molar-refractivity contribution >= 4 is 29.1 Å². The number of benzene rings is 1. The van der Waals surface area contributed by atoms with Crippen LogP contribution < -0.4 is 20.3 Å². The van der Waals surface area contributed by atoms with Crippen LogP contribution >= 0.6 is 12.4 Å². The van der Waals surface area contributed by atoms with E-state index in [1.807, 2.05) is 0 Å². The van der Waals surface area contributed by atoms with Crippen molar-refractivity contribution in [3.8, 4) is 11.5 Å². The van der Waals surface area contributed by atoms with Crippen LogP contribution in [0, 0.1) is 0 Å². The van der Waals surface area contributed by atoms with Crippen LogP contribution in [0.1, 0.15) is 19.3 Å². The Morgan fingerprint density at radius 2 is 2.12 bits per heavy atom. The van der Waals surface area contributed by atoms with Crippen LogP contribution in [-0.4, -0.2) is 45.9 Å². The monoisotopic (exact) mass is 381 g/mol. The number of rotatable bonds is 4. The lowest BCUT2D eigenvalue weighted by Gasteiger charge is -2.28.